The summed E-state index contributed by atoms with van der Waals surface area (Å²) in [5.41, 5.74) is 0.522. The van der Waals surface area contributed by atoms with Gasteiger partial charge < -0.3 is 109 Å². The summed E-state index contributed by atoms with van der Waals surface area (Å²) in [5.74, 6) is -24.2. The number of nitrogens with one attached hydrogen (secondary N) is 10. The molecule has 1 aliphatic heterocycles. The number of nitrogens with zero attached hydrogens (tertiary/aromatic N) is 4. The van der Waals surface area contributed by atoms with E-state index in [0.717, 1.165) is 21.6 Å². The average Bonchev–Trinajstić information content (AvgIpc) is 1.64. The molecule has 11 atom stereocenters. The van der Waals surface area contributed by atoms with Gasteiger partial charge >= 0.3 is 81.7 Å². The molecule has 1 saturated heterocycles. The second-order valence-electron chi connectivity index (χ2n) is 27.4. The zero-order valence-corrected chi connectivity index (χ0v) is 66.9. The Hall–Kier alpha value is -9.64. The van der Waals surface area contributed by atoms with Crippen molar-refractivity contribution in [1.29, 1.82) is 0 Å². The van der Waals surface area contributed by atoms with Gasteiger partial charge in [-0.2, -0.15) is 25.3 Å². The molecule has 0 bridgehead atoms. The third-order valence-electron chi connectivity index (χ3n) is 16.9. The van der Waals surface area contributed by atoms with Crippen LogP contribution in [0.1, 0.15) is 84.3 Å². The molecular weight excluding hydrogens is 1690 g/mol. The number of hydrogen-bond donors (Lipinski definition) is 22. The van der Waals surface area contributed by atoms with Crippen LogP contribution in [0.5, 0.6) is 11.5 Å². The van der Waals surface area contributed by atoms with Gasteiger partial charge in [0.1, 0.15) is 71.9 Å². The summed E-state index contributed by atoms with van der Waals surface area (Å²) in [6.45, 7) is 2.46. The van der Waals surface area contributed by atoms with Gasteiger partial charge in [-0.3, -0.25) is 96.2 Å². The number of benzene rings is 2. The molecule has 20 N–H and O–H groups in total. The fourth-order valence-electron chi connectivity index (χ4n) is 11.5. The summed E-state index contributed by atoms with van der Waals surface area (Å²) in [4.78, 5) is 240. The summed E-state index contributed by atoms with van der Waals surface area (Å²) in [5, 5.41) is 121. The fourth-order valence-corrected chi connectivity index (χ4v) is 12.0. The first-order valence-corrected chi connectivity index (χ1v) is 36.7. The molecule has 0 saturated carbocycles. The van der Waals surface area contributed by atoms with Crippen LogP contribution < -0.4 is 53.2 Å². The Balaban J connectivity index is 0.0000441. The van der Waals surface area contributed by atoms with Crippen LogP contribution in [0.3, 0.4) is 0 Å². The second kappa shape index (κ2) is 50.6. The number of carbonyl (C=O) groups excluding carboxylic acids is 11. The largest absolute Gasteiger partial charge is 3.00 e. The van der Waals surface area contributed by atoms with Gasteiger partial charge in [0.25, 0.3) is 0 Å². The second-order valence-corrected chi connectivity index (χ2v) is 28.1. The van der Waals surface area contributed by atoms with E-state index in [0.29, 0.717) is 0 Å². The predicted octanol–water partition coefficient (Wildman–Crippen LogP) is -6.04. The van der Waals surface area contributed by atoms with Crippen molar-refractivity contribution in [1.82, 2.24) is 72.8 Å². The number of phenolic OH excluding ortho intramolecular Hbond substituents is 2. The van der Waals surface area contributed by atoms with Gasteiger partial charge in [-0.05, 0) is 79.8 Å². The van der Waals surface area contributed by atoms with Crippen molar-refractivity contribution >= 4 is 132 Å². The Morgan fingerprint density at radius 3 is 1.25 bits per heavy atom. The van der Waals surface area contributed by atoms with Crippen LogP contribution in [0, 0.1) is 51.8 Å². The van der Waals surface area contributed by atoms with Gasteiger partial charge in [0.2, 0.25) is 65.0 Å². The number of rotatable bonds is 52. The van der Waals surface area contributed by atoms with Crippen molar-refractivity contribution in [2.75, 3.05) is 83.5 Å². The van der Waals surface area contributed by atoms with E-state index in [9.17, 15) is 132 Å². The minimum atomic E-state index is -2.06. The van der Waals surface area contributed by atoms with Crippen molar-refractivity contribution in [2.24, 2.45) is 11.8 Å². The van der Waals surface area contributed by atoms with E-state index in [1.807, 2.05) is 0 Å². The van der Waals surface area contributed by atoms with E-state index in [2.05, 4.69) is 78.4 Å². The van der Waals surface area contributed by atoms with E-state index in [1.165, 1.54) is 53.4 Å². The monoisotopic (exact) mass is 1790 g/mol. The number of likely N-dealkylation sites (tertiary alicyclic amines) is 1. The minimum Gasteiger partial charge on any atom is -0.508 e. The standard InChI is InChI=1S/C69H100N14O28S2.Gd/c1-35(2)21-42(61(102)76-47(69(110)111)26-54(91)92)72-65(106)49(34-113)78-67(108)59(37(5)84)79-51(87)27-70-60(101)43(23-38-8-12-40(85)13-9-38)73-62(103)44(24-39-10-14-41(86)15-11-39)74-63(104)45(25-53(89)90)75-64(105)48(33-112)77-66(107)50-7-6-16-83(50)68(109)46(22-36(3)4)71-52(88)28-81(30-56(95)96)19-17-80(29-55(93)94)18-20-82(31-57(97)98)32-58(99)100;/h8-15,35-37,42-50,59,84-86,112-113H,6-7,16-34H2,1-5H3,(H,70,101)(H,71,88)(H,72,106)(H,73,103)(H,74,104)(H,75,105)(H,76,102)(H,77,107)(H,78,108)(H,79,87)(H,89,90)(H,91,92)(H,93,94)(H,95,96)(H,97,98)(H,99,100)(H,110,111);/q;+3/t37-,42+,43+,44+,45+,46+,47+,48+,49+,50+,59+;/m1./s1. The Labute approximate surface area is 696 Å². The first-order valence-electron chi connectivity index (χ1n) is 35.4. The molecule has 1 radical (unpaired) electrons. The molecule has 1 aliphatic rings. The predicted molar refractivity (Wildman–Crippen MR) is 399 cm³/mol. The minimum absolute atomic E-state index is 0. The van der Waals surface area contributed by atoms with Crippen molar-refractivity contribution < 1.29 is 177 Å². The number of thiol groups is 2. The first-order chi connectivity index (χ1) is 53.0. The van der Waals surface area contributed by atoms with Crippen LogP contribution in [0.2, 0.25) is 0 Å². The molecule has 0 spiro atoms. The summed E-state index contributed by atoms with van der Waals surface area (Å²) in [6.07, 6.45) is -4.66. The maximum Gasteiger partial charge on any atom is 3.00 e. The molecular formula is C69H100GdN14O28S2+3. The van der Waals surface area contributed by atoms with Gasteiger partial charge in [0, 0.05) is 57.1 Å². The summed E-state index contributed by atoms with van der Waals surface area (Å²) in [6, 6.07) is -6.39. The number of carboxylic acids is 7. The molecule has 1 fully saturated rings. The number of carbonyl (C=O) groups is 18. The third-order valence-corrected chi connectivity index (χ3v) is 17.7. The molecule has 0 aliphatic carbocycles. The molecule has 0 aromatic heterocycles. The quantitative estimate of drug-likeness (QED) is 0.0274. The number of aliphatic carboxylic acids is 7. The smallest absolute Gasteiger partial charge is 0.508 e. The zero-order chi connectivity index (χ0) is 85.1. The van der Waals surface area contributed by atoms with Crippen molar-refractivity contribution in [3.05, 3.63) is 59.7 Å². The van der Waals surface area contributed by atoms with Crippen molar-refractivity contribution in [2.45, 2.75) is 153 Å². The van der Waals surface area contributed by atoms with Crippen molar-refractivity contribution in [3.8, 4) is 11.5 Å². The fraction of sp³-hybridized carbons (Fsp3) is 0.565. The molecule has 2 aromatic rings. The molecule has 11 amide bonds. The van der Waals surface area contributed by atoms with E-state index >= 15 is 0 Å². The maximum atomic E-state index is 14.6. The van der Waals surface area contributed by atoms with Crippen LogP contribution in [-0.4, -0.2) is 327 Å². The van der Waals surface area contributed by atoms with Gasteiger partial charge in [-0.15, -0.1) is 0 Å². The topological polar surface area (TPSA) is 643 Å². The Morgan fingerprint density at radius 1 is 0.430 bits per heavy atom. The van der Waals surface area contributed by atoms with Crippen LogP contribution in [-0.2, 0) is 99.1 Å². The van der Waals surface area contributed by atoms with Gasteiger partial charge in [-0.25, -0.2) is 4.79 Å². The van der Waals surface area contributed by atoms with E-state index < -0.39 is 250 Å². The van der Waals surface area contributed by atoms with Crippen LogP contribution in [0.25, 0.3) is 0 Å². The molecule has 631 valence electrons. The average molecular weight is 1800 g/mol. The Kier molecular flexibility index (Phi) is 44.5. The number of aromatic hydroxyl groups is 2. The van der Waals surface area contributed by atoms with Crippen LogP contribution in [0.15, 0.2) is 48.5 Å². The summed E-state index contributed by atoms with van der Waals surface area (Å²) >= 11 is 8.33. The SMILES string of the molecule is CC(C)C[C@H](NC(=O)[C@H](CS)NC(=O)[C@@H](NC(=O)CNC(=O)[C@H](Cc1ccc(O)cc1)NC(=O)[C@H](Cc1ccc(O)cc1)NC(=O)[C@H](CC(=O)O)NC(=O)[C@H](CS)NC(=O)[C@@H]1CCCN1C(=O)[C@H](CC(C)C)NC(=O)CN(CCN(CCN(CC(=O)O)CC(=O)O)CC(=O)O)CC(=O)O)[C@@H](C)O)C(=O)N[C@@H](CC(=O)O)C(=O)O.[Gd+3]. The summed E-state index contributed by atoms with van der Waals surface area (Å²) < 4.78 is 0. The number of aliphatic hydroxyl groups is 1. The molecule has 42 nitrogen and oxygen atoms in total. The van der Waals surface area contributed by atoms with Gasteiger partial charge in [0.15, 0.2) is 0 Å². The summed E-state index contributed by atoms with van der Waals surface area (Å²) in [7, 11) is 0. The first kappa shape index (κ1) is 100. The van der Waals surface area contributed by atoms with Crippen LogP contribution >= 0.6 is 25.3 Å². The van der Waals surface area contributed by atoms with Gasteiger partial charge in [-0.1, -0.05) is 52.0 Å². The molecule has 45 heteroatoms. The number of amides is 11. The maximum absolute atomic E-state index is 14.6. The molecule has 3 rings (SSSR count). The molecule has 2 aromatic carbocycles. The Bertz CT molecular complexity index is 3680. The molecule has 0 unspecified atom stereocenters. The van der Waals surface area contributed by atoms with Crippen LogP contribution in [0.4, 0.5) is 0 Å². The molecule has 114 heavy (non-hydrogen) atoms. The van der Waals surface area contributed by atoms with Gasteiger partial charge in [0.05, 0.1) is 58.2 Å². The van der Waals surface area contributed by atoms with E-state index in [4.69, 9.17) is 5.11 Å². The van der Waals surface area contributed by atoms with Crippen molar-refractivity contribution in [3.63, 3.8) is 0 Å². The van der Waals surface area contributed by atoms with E-state index in [-0.39, 0.29) is 133 Å². The zero-order valence-electron chi connectivity index (χ0n) is 62.8. The normalized spacial score (nSPS) is 15.1. The number of hydrogen-bond acceptors (Lipinski definition) is 26. The Morgan fingerprint density at radius 2 is 0.807 bits per heavy atom. The third kappa shape index (κ3) is 37.5. The van der Waals surface area contributed by atoms with E-state index in [1.54, 1.807) is 27.7 Å². The number of aliphatic hydroxyl groups excluding tert-OH is 1. The number of phenols is 2. The molecule has 1 heterocycles. The number of carboxylic acid groups (broad SMARTS) is 7.